The fourth-order valence-corrected chi connectivity index (χ4v) is 2.89. The van der Waals surface area contributed by atoms with E-state index in [1.807, 2.05) is 11.0 Å². The molecular weight excluding hydrogens is 256 g/mol. The molecule has 2 aliphatic rings. The monoisotopic (exact) mass is 276 g/mol. The highest BCUT2D eigenvalue weighted by atomic mass is 16.5. The van der Waals surface area contributed by atoms with Crippen LogP contribution in [0.25, 0.3) is 0 Å². The van der Waals surface area contributed by atoms with E-state index in [0.717, 1.165) is 24.9 Å². The number of aromatic hydroxyl groups is 1. The number of morpholine rings is 1. The van der Waals surface area contributed by atoms with E-state index in [1.54, 1.807) is 18.2 Å². The molecule has 1 aromatic rings. The number of carbonyl (C=O) groups excluding carboxylic acids is 1. The molecule has 3 rings (SSSR count). The fourth-order valence-electron chi connectivity index (χ4n) is 2.89. The van der Waals surface area contributed by atoms with Gasteiger partial charge in [0, 0.05) is 6.54 Å². The number of rotatable bonds is 2. The minimum Gasteiger partial charge on any atom is -0.508 e. The highest BCUT2D eigenvalue weighted by Gasteiger charge is 2.31. The van der Waals surface area contributed by atoms with E-state index < -0.39 is 0 Å². The highest BCUT2D eigenvalue weighted by molar-refractivity contribution is 5.82. The van der Waals surface area contributed by atoms with E-state index >= 15 is 0 Å². The van der Waals surface area contributed by atoms with Gasteiger partial charge in [0.25, 0.3) is 0 Å². The Hall–Kier alpha value is -1.59. The molecule has 2 heterocycles. The normalized spacial score (nSPS) is 26.7. The van der Waals surface area contributed by atoms with Crippen LogP contribution in [0.3, 0.4) is 0 Å². The fraction of sp³-hybridized carbons (Fsp3) is 0.533. The van der Waals surface area contributed by atoms with Crippen molar-refractivity contribution in [2.75, 3.05) is 26.2 Å². The van der Waals surface area contributed by atoms with Crippen LogP contribution in [0.2, 0.25) is 0 Å². The molecule has 1 amide bonds. The van der Waals surface area contributed by atoms with Crippen molar-refractivity contribution in [3.8, 4) is 5.75 Å². The summed E-state index contributed by atoms with van der Waals surface area (Å²) in [5.74, 6) is 0.406. The van der Waals surface area contributed by atoms with E-state index in [1.165, 1.54) is 0 Å². The maximum atomic E-state index is 12.4. The summed E-state index contributed by atoms with van der Waals surface area (Å²) in [7, 11) is 0. The Morgan fingerprint density at radius 1 is 1.45 bits per heavy atom. The molecule has 1 aromatic carbocycles. The molecule has 2 unspecified atom stereocenters. The molecule has 2 atom stereocenters. The van der Waals surface area contributed by atoms with Crippen LogP contribution < -0.4 is 5.32 Å². The van der Waals surface area contributed by atoms with Crippen LogP contribution in [0.4, 0.5) is 0 Å². The molecule has 108 valence electrons. The Balaban J connectivity index is 1.68. The lowest BCUT2D eigenvalue weighted by Gasteiger charge is -2.34. The molecule has 0 radical (unpaired) electrons. The van der Waals surface area contributed by atoms with Crippen LogP contribution in [0.1, 0.15) is 24.5 Å². The molecule has 5 heteroatoms. The average molecular weight is 276 g/mol. The molecule has 0 aromatic heterocycles. The first kappa shape index (κ1) is 13.4. The largest absolute Gasteiger partial charge is 0.508 e. The molecule has 2 aliphatic heterocycles. The molecule has 2 saturated heterocycles. The van der Waals surface area contributed by atoms with Crippen LogP contribution in [0, 0.1) is 0 Å². The van der Waals surface area contributed by atoms with Gasteiger partial charge >= 0.3 is 0 Å². The topological polar surface area (TPSA) is 61.8 Å². The zero-order valence-corrected chi connectivity index (χ0v) is 11.4. The van der Waals surface area contributed by atoms with Gasteiger partial charge in [0.2, 0.25) is 5.91 Å². The van der Waals surface area contributed by atoms with Crippen LogP contribution in [0.5, 0.6) is 5.75 Å². The van der Waals surface area contributed by atoms with Crippen LogP contribution in [-0.2, 0) is 9.53 Å². The number of hydrogen-bond acceptors (Lipinski definition) is 4. The van der Waals surface area contributed by atoms with Crippen LogP contribution >= 0.6 is 0 Å². The smallest absolute Gasteiger partial charge is 0.239 e. The summed E-state index contributed by atoms with van der Waals surface area (Å²) in [6.07, 6.45) is 1.84. The Kier molecular flexibility index (Phi) is 3.89. The number of nitrogens with zero attached hydrogens (tertiary/aromatic N) is 1. The SMILES string of the molecule is O=C(C1CCCN1)N1CCOC(c2cccc(O)c2)C1. The molecule has 0 bridgehead atoms. The first-order chi connectivity index (χ1) is 9.74. The Labute approximate surface area is 118 Å². The summed E-state index contributed by atoms with van der Waals surface area (Å²) in [5, 5.41) is 12.8. The second kappa shape index (κ2) is 5.81. The first-order valence-corrected chi connectivity index (χ1v) is 7.17. The van der Waals surface area contributed by atoms with Gasteiger partial charge < -0.3 is 20.1 Å². The van der Waals surface area contributed by atoms with Gasteiger partial charge in [0.1, 0.15) is 11.9 Å². The summed E-state index contributed by atoms with van der Waals surface area (Å²) in [5.41, 5.74) is 0.918. The zero-order chi connectivity index (χ0) is 13.9. The van der Waals surface area contributed by atoms with Crippen molar-refractivity contribution in [3.63, 3.8) is 0 Å². The maximum Gasteiger partial charge on any atom is 0.239 e. The Bertz CT molecular complexity index is 486. The molecule has 0 spiro atoms. The van der Waals surface area contributed by atoms with Crippen molar-refractivity contribution in [2.45, 2.75) is 25.0 Å². The minimum absolute atomic E-state index is 0.0297. The van der Waals surface area contributed by atoms with Crippen molar-refractivity contribution < 1.29 is 14.6 Å². The van der Waals surface area contributed by atoms with Gasteiger partial charge in [-0.25, -0.2) is 0 Å². The van der Waals surface area contributed by atoms with E-state index in [4.69, 9.17) is 4.74 Å². The molecule has 2 N–H and O–H groups in total. The third-order valence-electron chi connectivity index (χ3n) is 3.98. The lowest BCUT2D eigenvalue weighted by Crippen LogP contribution is -2.49. The standard InChI is InChI=1S/C15H20N2O3/c18-12-4-1-3-11(9-12)14-10-17(7-8-20-14)15(19)13-5-2-6-16-13/h1,3-4,9,13-14,16,18H,2,5-8,10H2. The van der Waals surface area contributed by atoms with Crippen molar-refractivity contribution in [1.82, 2.24) is 10.2 Å². The number of carbonyl (C=O) groups is 1. The van der Waals surface area contributed by atoms with Crippen molar-refractivity contribution >= 4 is 5.91 Å². The number of phenolic OH excluding ortho intramolecular Hbond substituents is 1. The van der Waals surface area contributed by atoms with Crippen molar-refractivity contribution in [2.24, 2.45) is 0 Å². The van der Waals surface area contributed by atoms with Crippen molar-refractivity contribution in [3.05, 3.63) is 29.8 Å². The van der Waals surface area contributed by atoms with Gasteiger partial charge in [-0.1, -0.05) is 12.1 Å². The van der Waals surface area contributed by atoms with Gasteiger partial charge in [-0.3, -0.25) is 4.79 Å². The molecule has 5 nitrogen and oxygen atoms in total. The van der Waals surface area contributed by atoms with Gasteiger partial charge in [0.05, 0.1) is 19.2 Å². The first-order valence-electron chi connectivity index (χ1n) is 7.17. The lowest BCUT2D eigenvalue weighted by molar-refractivity contribution is -0.140. The zero-order valence-electron chi connectivity index (χ0n) is 11.4. The van der Waals surface area contributed by atoms with Gasteiger partial charge in [-0.15, -0.1) is 0 Å². The molecule has 0 aliphatic carbocycles. The second-order valence-corrected chi connectivity index (χ2v) is 5.39. The van der Waals surface area contributed by atoms with Crippen LogP contribution in [-0.4, -0.2) is 48.2 Å². The van der Waals surface area contributed by atoms with E-state index in [2.05, 4.69) is 5.32 Å². The number of ether oxygens (including phenoxy) is 1. The molecule has 20 heavy (non-hydrogen) atoms. The van der Waals surface area contributed by atoms with Gasteiger partial charge in [-0.2, -0.15) is 0 Å². The predicted molar refractivity (Wildman–Crippen MR) is 74.4 cm³/mol. The number of nitrogens with one attached hydrogen (secondary N) is 1. The summed E-state index contributed by atoms with van der Waals surface area (Å²) < 4.78 is 5.74. The maximum absolute atomic E-state index is 12.4. The van der Waals surface area contributed by atoms with Crippen LogP contribution in [0.15, 0.2) is 24.3 Å². The average Bonchev–Trinajstić information content (AvgIpc) is 3.01. The van der Waals surface area contributed by atoms with E-state index in [0.29, 0.717) is 19.7 Å². The van der Waals surface area contributed by atoms with Crippen molar-refractivity contribution in [1.29, 1.82) is 0 Å². The summed E-state index contributed by atoms with van der Waals surface area (Å²) in [4.78, 5) is 14.3. The third kappa shape index (κ3) is 2.78. The molecule has 0 saturated carbocycles. The second-order valence-electron chi connectivity index (χ2n) is 5.39. The quantitative estimate of drug-likeness (QED) is 0.847. The van der Waals surface area contributed by atoms with E-state index in [9.17, 15) is 9.90 Å². The highest BCUT2D eigenvalue weighted by Crippen LogP contribution is 2.25. The predicted octanol–water partition coefficient (Wildman–Crippen LogP) is 1.04. The number of hydrogen-bond donors (Lipinski definition) is 2. The molecule has 2 fully saturated rings. The van der Waals surface area contributed by atoms with E-state index in [-0.39, 0.29) is 23.8 Å². The Morgan fingerprint density at radius 3 is 3.10 bits per heavy atom. The Morgan fingerprint density at radius 2 is 2.35 bits per heavy atom. The lowest BCUT2D eigenvalue weighted by atomic mass is 10.1. The summed E-state index contributed by atoms with van der Waals surface area (Å²) >= 11 is 0. The summed E-state index contributed by atoms with van der Waals surface area (Å²) in [6, 6.07) is 7.03. The minimum atomic E-state index is -0.152. The third-order valence-corrected chi connectivity index (χ3v) is 3.98. The molecular formula is C15H20N2O3. The van der Waals surface area contributed by atoms with Gasteiger partial charge in [0.15, 0.2) is 0 Å². The number of phenols is 1. The number of amides is 1. The number of benzene rings is 1. The summed E-state index contributed by atoms with van der Waals surface area (Å²) in [6.45, 7) is 2.67. The van der Waals surface area contributed by atoms with Gasteiger partial charge in [-0.05, 0) is 37.1 Å².